The molecule has 2 unspecified atom stereocenters. The van der Waals surface area contributed by atoms with Gasteiger partial charge in [-0.05, 0) is 44.9 Å². The van der Waals surface area contributed by atoms with Crippen LogP contribution in [0.1, 0.15) is 444 Å². The molecule has 9 heteroatoms. The molecule has 0 heterocycles. The van der Waals surface area contributed by atoms with Gasteiger partial charge in [-0.1, -0.05) is 411 Å². The third-order valence-corrected chi connectivity index (χ3v) is 19.5. The van der Waals surface area contributed by atoms with Crippen molar-refractivity contribution in [2.75, 3.05) is 47.5 Å². The van der Waals surface area contributed by atoms with Crippen LogP contribution in [0.5, 0.6) is 0 Å². The maximum Gasteiger partial charge on any atom is 0.361 e. The van der Waals surface area contributed by atoms with Crippen LogP contribution in [0.25, 0.3) is 0 Å². The molecule has 0 amide bonds. The first-order chi connectivity index (χ1) is 46.1. The van der Waals surface area contributed by atoms with Gasteiger partial charge in [-0.25, -0.2) is 4.79 Å². The fourth-order valence-electron chi connectivity index (χ4n) is 13.1. The highest BCUT2D eigenvalue weighted by Gasteiger charge is 2.25. The average Bonchev–Trinajstić information content (AvgIpc) is 3.42. The molecular weight excluding hydrogens is 1160 g/mol. The summed E-state index contributed by atoms with van der Waals surface area (Å²) in [6.45, 7) is 4.96. The van der Waals surface area contributed by atoms with Crippen molar-refractivity contribution in [1.82, 2.24) is 0 Å². The van der Waals surface area contributed by atoms with Crippen LogP contribution in [0.4, 0.5) is 0 Å². The Bertz CT molecular complexity index is 1590. The summed E-state index contributed by atoms with van der Waals surface area (Å²) in [7, 11) is 6.00. The number of rotatable bonds is 80. The van der Waals surface area contributed by atoms with Crippen LogP contribution in [0.3, 0.4) is 0 Å². The van der Waals surface area contributed by atoms with Gasteiger partial charge in [0.15, 0.2) is 6.10 Å². The van der Waals surface area contributed by atoms with Crippen molar-refractivity contribution < 1.29 is 42.9 Å². The number of carbonyl (C=O) groups excluding carboxylic acids is 2. The molecule has 556 valence electrons. The lowest BCUT2D eigenvalue weighted by molar-refractivity contribution is -0.870. The van der Waals surface area contributed by atoms with Gasteiger partial charge in [0.2, 0.25) is 0 Å². The summed E-state index contributed by atoms with van der Waals surface area (Å²) in [4.78, 5) is 37.7. The Morgan fingerprint density at radius 1 is 0.319 bits per heavy atom. The van der Waals surface area contributed by atoms with Crippen molar-refractivity contribution in [2.24, 2.45) is 0 Å². The van der Waals surface area contributed by atoms with Gasteiger partial charge < -0.3 is 28.5 Å². The zero-order valence-corrected chi connectivity index (χ0v) is 63.9. The van der Waals surface area contributed by atoms with E-state index in [0.717, 1.165) is 44.9 Å². The zero-order chi connectivity index (χ0) is 68.2. The molecule has 0 aliphatic heterocycles. The van der Waals surface area contributed by atoms with Crippen LogP contribution in [0.2, 0.25) is 0 Å². The molecule has 0 saturated carbocycles. The minimum atomic E-state index is -1.51. The van der Waals surface area contributed by atoms with Gasteiger partial charge in [-0.15, -0.1) is 0 Å². The summed E-state index contributed by atoms with van der Waals surface area (Å²) in [5.41, 5.74) is 0. The molecule has 0 rings (SSSR count). The Balaban J connectivity index is 3.90. The first-order valence-corrected chi connectivity index (χ1v) is 42.0. The molecule has 0 aromatic carbocycles. The van der Waals surface area contributed by atoms with Crippen LogP contribution in [-0.2, 0) is 33.3 Å². The third-order valence-electron chi connectivity index (χ3n) is 19.5. The number of carboxylic acids is 1. The molecule has 2 atom stereocenters. The number of allylic oxidation sites excluding steroid dienone is 4. The number of nitrogens with zero attached hydrogens (tertiary/aromatic N) is 1. The Morgan fingerprint density at radius 2 is 0.574 bits per heavy atom. The topological polar surface area (TPSA) is 108 Å². The summed E-state index contributed by atoms with van der Waals surface area (Å²) in [5, 5.41) is 9.78. The number of carbonyl (C=O) groups is 3. The average molecular weight is 1330 g/mol. The number of likely N-dealkylation sites (N-methyl/N-ethyl adjacent to an activating group) is 1. The lowest BCUT2D eigenvalue weighted by atomic mass is 10.0. The highest BCUT2D eigenvalue weighted by atomic mass is 16.7. The predicted octanol–water partition coefficient (Wildman–Crippen LogP) is 26.9. The molecule has 0 aromatic heterocycles. The van der Waals surface area contributed by atoms with Gasteiger partial charge in [0, 0.05) is 12.8 Å². The van der Waals surface area contributed by atoms with Gasteiger partial charge in [-0.3, -0.25) is 9.59 Å². The summed E-state index contributed by atoms with van der Waals surface area (Å²) >= 11 is 0. The van der Waals surface area contributed by atoms with Crippen molar-refractivity contribution in [3.63, 3.8) is 0 Å². The molecule has 1 N–H and O–H groups in total. The number of ether oxygens (including phenoxy) is 4. The van der Waals surface area contributed by atoms with Crippen LogP contribution >= 0.6 is 0 Å². The number of hydrogen-bond acceptors (Lipinski definition) is 7. The number of hydrogen-bond donors (Lipinski definition) is 1. The predicted molar refractivity (Wildman–Crippen MR) is 406 cm³/mol. The van der Waals surface area contributed by atoms with Crippen molar-refractivity contribution >= 4 is 17.9 Å². The molecule has 0 spiro atoms. The first kappa shape index (κ1) is 91.8. The molecule has 0 radical (unpaired) electrons. The van der Waals surface area contributed by atoms with Gasteiger partial charge in [0.1, 0.15) is 13.2 Å². The number of unbranched alkanes of at least 4 members (excludes halogenated alkanes) is 61. The van der Waals surface area contributed by atoms with Gasteiger partial charge in [0.05, 0.1) is 34.4 Å². The lowest BCUT2D eigenvalue weighted by Crippen LogP contribution is -2.40. The quantitative estimate of drug-likeness (QED) is 0.0211. The van der Waals surface area contributed by atoms with E-state index in [1.807, 2.05) is 21.1 Å². The summed E-state index contributed by atoms with van der Waals surface area (Å²) < 4.78 is 23.1. The van der Waals surface area contributed by atoms with E-state index < -0.39 is 18.4 Å². The summed E-state index contributed by atoms with van der Waals surface area (Å²) in [6.07, 6.45) is 95.1. The van der Waals surface area contributed by atoms with E-state index in [1.165, 1.54) is 372 Å². The molecule has 0 aliphatic rings. The van der Waals surface area contributed by atoms with E-state index in [9.17, 15) is 19.5 Å². The monoisotopic (exact) mass is 1330 g/mol. The summed E-state index contributed by atoms with van der Waals surface area (Å²) in [5.74, 6) is -1.96. The molecule has 0 bridgehead atoms. The molecule has 0 fully saturated rings. The van der Waals surface area contributed by atoms with Gasteiger partial charge in [0.25, 0.3) is 6.29 Å². The second-order valence-corrected chi connectivity index (χ2v) is 30.2. The number of quaternary nitrogens is 1. The Morgan fingerprint density at radius 3 is 0.840 bits per heavy atom. The van der Waals surface area contributed by atoms with Crippen LogP contribution in [-0.4, -0.2) is 87.4 Å². The standard InChI is InChI=1S/C85H163NO8/c1-6-8-10-12-14-16-18-20-22-24-26-28-30-32-34-36-37-38-39-40-41-42-43-44-45-46-47-48-50-52-54-56-58-60-62-64-66-68-70-72-74-76-83(88)94-81(80-93-85(84(89)90)91-78-77-86(3,4)5)79-92-82(87)75-73-71-69-67-65-63-61-59-57-55-53-51-49-35-33-31-29-27-25-23-21-19-17-15-13-11-9-7-2/h18,20,24,26,81,85H,6-17,19,21-23,25,27-80H2,1-5H3/p+1/b20-18-,26-24-. The highest BCUT2D eigenvalue weighted by molar-refractivity contribution is 5.71. The fraction of sp³-hybridized carbons (Fsp3) is 0.918. The van der Waals surface area contributed by atoms with E-state index in [-0.39, 0.29) is 38.2 Å². The lowest BCUT2D eigenvalue weighted by Gasteiger charge is -2.25. The molecule has 0 aromatic rings. The Hall–Kier alpha value is -2.23. The normalized spacial score (nSPS) is 12.6. The smallest absolute Gasteiger partial charge is 0.361 e. The minimum absolute atomic E-state index is 0.173. The largest absolute Gasteiger partial charge is 0.477 e. The van der Waals surface area contributed by atoms with Crippen LogP contribution in [0.15, 0.2) is 24.3 Å². The second-order valence-electron chi connectivity index (χ2n) is 30.2. The molecule has 0 saturated heterocycles. The Labute approximate surface area is 586 Å². The van der Waals surface area contributed by atoms with Crippen LogP contribution in [0, 0.1) is 0 Å². The van der Waals surface area contributed by atoms with Gasteiger partial charge >= 0.3 is 17.9 Å². The van der Waals surface area contributed by atoms with Crippen molar-refractivity contribution in [3.05, 3.63) is 24.3 Å². The van der Waals surface area contributed by atoms with Gasteiger partial charge in [-0.2, -0.15) is 0 Å². The van der Waals surface area contributed by atoms with E-state index in [1.54, 1.807) is 0 Å². The maximum absolute atomic E-state index is 13.0. The number of aliphatic carboxylic acids is 1. The van der Waals surface area contributed by atoms with E-state index in [4.69, 9.17) is 18.9 Å². The Kier molecular flexibility index (Phi) is 74.7. The first-order valence-electron chi connectivity index (χ1n) is 42.0. The van der Waals surface area contributed by atoms with Crippen molar-refractivity contribution in [2.45, 2.75) is 456 Å². The van der Waals surface area contributed by atoms with Crippen LogP contribution < -0.4 is 0 Å². The minimum Gasteiger partial charge on any atom is -0.477 e. The molecule has 0 aliphatic carbocycles. The van der Waals surface area contributed by atoms with E-state index in [0.29, 0.717) is 17.4 Å². The number of carboxylic acid groups (broad SMARTS) is 1. The summed E-state index contributed by atoms with van der Waals surface area (Å²) in [6, 6.07) is 0. The molecular formula is C85H164NO8+. The SMILES string of the molecule is CCCCCCC/C=C\C/C=C\CCCCCCCCCCCCCCCCCCCCCCCCCCCCCCCC(=O)OC(COC(=O)CCCCCCCCCCCCCCCCCCCCCCCCCCCCCC)COC(OCC[N+](C)(C)C)C(=O)O. The zero-order valence-electron chi connectivity index (χ0n) is 63.9. The molecule has 94 heavy (non-hydrogen) atoms. The molecule has 9 nitrogen and oxygen atoms in total. The van der Waals surface area contributed by atoms with E-state index >= 15 is 0 Å². The maximum atomic E-state index is 13.0. The van der Waals surface area contributed by atoms with E-state index in [2.05, 4.69) is 38.2 Å². The highest BCUT2D eigenvalue weighted by Crippen LogP contribution is 2.21. The third kappa shape index (κ3) is 77.1. The van der Waals surface area contributed by atoms with Crippen molar-refractivity contribution in [1.29, 1.82) is 0 Å². The number of esters is 2. The van der Waals surface area contributed by atoms with Crippen molar-refractivity contribution in [3.8, 4) is 0 Å². The second kappa shape index (κ2) is 76.5. The fourth-order valence-corrected chi connectivity index (χ4v) is 13.1.